The van der Waals surface area contributed by atoms with Gasteiger partial charge in [0.05, 0.1) is 6.61 Å². The zero-order valence-electron chi connectivity index (χ0n) is 20.1. The van der Waals surface area contributed by atoms with Gasteiger partial charge in [0.1, 0.15) is 5.75 Å². The van der Waals surface area contributed by atoms with Crippen LogP contribution in [0, 0.1) is 5.92 Å². The van der Waals surface area contributed by atoms with E-state index in [0.717, 1.165) is 82.4 Å². The standard InChI is InChI=1S/C27H35N3O4/c1-2-32-24-5-3-4-21(16-24)18-28-10-8-23(9-11-28)27(31)30-14-12-29(13-15-30)19-22-6-7-25-26(17-22)34-20-33-25/h3-7,16-17,23H,2,8-15,18-20H2,1H3. The Bertz CT molecular complexity index is 982. The molecular weight excluding hydrogens is 430 g/mol. The van der Waals surface area contributed by atoms with Crippen molar-refractivity contribution in [1.29, 1.82) is 0 Å². The van der Waals surface area contributed by atoms with E-state index in [2.05, 4.69) is 45.0 Å². The zero-order valence-corrected chi connectivity index (χ0v) is 20.1. The molecule has 2 aromatic carbocycles. The van der Waals surface area contributed by atoms with Crippen LogP contribution in [0.2, 0.25) is 0 Å². The highest BCUT2D eigenvalue weighted by atomic mass is 16.7. The minimum absolute atomic E-state index is 0.159. The Hall–Kier alpha value is -2.77. The Labute approximate surface area is 202 Å². The molecule has 0 N–H and O–H groups in total. The first-order valence-corrected chi connectivity index (χ1v) is 12.5. The molecule has 0 radical (unpaired) electrons. The lowest BCUT2D eigenvalue weighted by Crippen LogP contribution is -2.51. The molecule has 0 aliphatic carbocycles. The van der Waals surface area contributed by atoms with Crippen molar-refractivity contribution in [1.82, 2.24) is 14.7 Å². The van der Waals surface area contributed by atoms with Crippen LogP contribution < -0.4 is 14.2 Å². The molecule has 34 heavy (non-hydrogen) atoms. The molecule has 3 aliphatic rings. The first-order valence-electron chi connectivity index (χ1n) is 12.5. The smallest absolute Gasteiger partial charge is 0.231 e. The number of ether oxygens (including phenoxy) is 3. The van der Waals surface area contributed by atoms with Gasteiger partial charge in [-0.25, -0.2) is 0 Å². The van der Waals surface area contributed by atoms with E-state index in [4.69, 9.17) is 14.2 Å². The van der Waals surface area contributed by atoms with Crippen LogP contribution in [-0.4, -0.2) is 73.3 Å². The summed E-state index contributed by atoms with van der Waals surface area (Å²) in [5.41, 5.74) is 2.50. The van der Waals surface area contributed by atoms with Gasteiger partial charge in [0.2, 0.25) is 12.7 Å². The fourth-order valence-electron chi connectivity index (χ4n) is 5.18. The molecule has 5 rings (SSSR count). The largest absolute Gasteiger partial charge is 0.494 e. The quantitative estimate of drug-likeness (QED) is 0.625. The van der Waals surface area contributed by atoms with Gasteiger partial charge in [-0.3, -0.25) is 14.6 Å². The number of rotatable bonds is 7. The van der Waals surface area contributed by atoms with Gasteiger partial charge >= 0.3 is 0 Å². The maximum absolute atomic E-state index is 13.2. The Kier molecular flexibility index (Phi) is 7.21. The maximum Gasteiger partial charge on any atom is 0.231 e. The monoisotopic (exact) mass is 465 g/mol. The van der Waals surface area contributed by atoms with E-state index in [9.17, 15) is 4.79 Å². The highest BCUT2D eigenvalue weighted by molar-refractivity contribution is 5.79. The molecule has 7 heteroatoms. The molecule has 182 valence electrons. The van der Waals surface area contributed by atoms with Crippen LogP contribution in [0.5, 0.6) is 17.2 Å². The normalized spacial score (nSPS) is 19.4. The van der Waals surface area contributed by atoms with Gasteiger partial charge in [-0.05, 0) is 68.2 Å². The third-order valence-corrected chi connectivity index (χ3v) is 7.08. The lowest BCUT2D eigenvalue weighted by molar-refractivity contribution is -0.139. The lowest BCUT2D eigenvalue weighted by atomic mass is 9.94. The van der Waals surface area contributed by atoms with Crippen LogP contribution in [0.15, 0.2) is 42.5 Å². The third-order valence-electron chi connectivity index (χ3n) is 7.08. The Morgan fingerprint density at radius 2 is 1.59 bits per heavy atom. The van der Waals surface area contributed by atoms with E-state index in [1.165, 1.54) is 11.1 Å². The van der Waals surface area contributed by atoms with Crippen molar-refractivity contribution in [2.24, 2.45) is 5.92 Å². The molecule has 2 fully saturated rings. The van der Waals surface area contributed by atoms with Crippen LogP contribution in [-0.2, 0) is 17.9 Å². The number of piperazine rings is 1. The van der Waals surface area contributed by atoms with Crippen molar-refractivity contribution in [2.45, 2.75) is 32.9 Å². The van der Waals surface area contributed by atoms with Crippen molar-refractivity contribution >= 4 is 5.91 Å². The van der Waals surface area contributed by atoms with E-state index in [-0.39, 0.29) is 5.92 Å². The first-order chi connectivity index (χ1) is 16.7. The van der Waals surface area contributed by atoms with Gasteiger partial charge in [0, 0.05) is 45.2 Å². The second-order valence-corrected chi connectivity index (χ2v) is 9.42. The molecule has 0 atom stereocenters. The minimum atomic E-state index is 0.159. The number of piperidine rings is 1. The SMILES string of the molecule is CCOc1cccc(CN2CCC(C(=O)N3CCN(Cc4ccc5c(c4)OCO5)CC3)CC2)c1. The fraction of sp³-hybridized carbons (Fsp3) is 0.519. The van der Waals surface area contributed by atoms with Gasteiger partial charge in [-0.15, -0.1) is 0 Å². The van der Waals surface area contributed by atoms with Gasteiger partial charge < -0.3 is 19.1 Å². The summed E-state index contributed by atoms with van der Waals surface area (Å²) >= 11 is 0. The number of fused-ring (bicyclic) bond motifs is 1. The van der Waals surface area contributed by atoms with Crippen molar-refractivity contribution < 1.29 is 19.0 Å². The summed E-state index contributed by atoms with van der Waals surface area (Å²) in [4.78, 5) is 20.1. The van der Waals surface area contributed by atoms with E-state index in [0.29, 0.717) is 19.3 Å². The second-order valence-electron chi connectivity index (χ2n) is 9.42. The van der Waals surface area contributed by atoms with Crippen LogP contribution in [0.3, 0.4) is 0 Å². The van der Waals surface area contributed by atoms with Crippen molar-refractivity contribution in [3.05, 3.63) is 53.6 Å². The van der Waals surface area contributed by atoms with Gasteiger partial charge in [0.15, 0.2) is 11.5 Å². The van der Waals surface area contributed by atoms with E-state index in [1.807, 2.05) is 19.1 Å². The number of likely N-dealkylation sites (tertiary alicyclic amines) is 1. The first kappa shape index (κ1) is 23.0. The summed E-state index contributed by atoms with van der Waals surface area (Å²) in [5.74, 6) is 3.10. The molecule has 0 unspecified atom stereocenters. The number of hydrogen-bond acceptors (Lipinski definition) is 6. The molecule has 3 heterocycles. The summed E-state index contributed by atoms with van der Waals surface area (Å²) < 4.78 is 16.5. The number of nitrogens with zero attached hydrogens (tertiary/aromatic N) is 3. The zero-order chi connectivity index (χ0) is 23.3. The van der Waals surface area contributed by atoms with Crippen molar-refractivity contribution in [2.75, 3.05) is 52.7 Å². The van der Waals surface area contributed by atoms with E-state index >= 15 is 0 Å². The Morgan fingerprint density at radius 1 is 0.882 bits per heavy atom. The molecule has 7 nitrogen and oxygen atoms in total. The van der Waals surface area contributed by atoms with Crippen molar-refractivity contribution in [3.63, 3.8) is 0 Å². The topological polar surface area (TPSA) is 54.5 Å². The second kappa shape index (κ2) is 10.7. The Morgan fingerprint density at radius 3 is 2.35 bits per heavy atom. The van der Waals surface area contributed by atoms with Gasteiger partial charge in [-0.2, -0.15) is 0 Å². The van der Waals surface area contributed by atoms with Crippen LogP contribution >= 0.6 is 0 Å². The maximum atomic E-state index is 13.2. The average Bonchev–Trinajstić information content (AvgIpc) is 3.33. The van der Waals surface area contributed by atoms with Crippen LogP contribution in [0.4, 0.5) is 0 Å². The molecule has 0 saturated carbocycles. The molecule has 3 aliphatic heterocycles. The van der Waals surface area contributed by atoms with E-state index < -0.39 is 0 Å². The highest BCUT2D eigenvalue weighted by Gasteiger charge is 2.30. The highest BCUT2D eigenvalue weighted by Crippen LogP contribution is 2.33. The summed E-state index contributed by atoms with van der Waals surface area (Å²) in [5, 5.41) is 0. The predicted octanol–water partition coefficient (Wildman–Crippen LogP) is 3.37. The fourth-order valence-corrected chi connectivity index (χ4v) is 5.18. The van der Waals surface area contributed by atoms with Crippen LogP contribution in [0.25, 0.3) is 0 Å². The summed E-state index contributed by atoms with van der Waals surface area (Å²) in [6, 6.07) is 14.5. The van der Waals surface area contributed by atoms with Crippen LogP contribution in [0.1, 0.15) is 30.9 Å². The van der Waals surface area contributed by atoms with Gasteiger partial charge in [-0.1, -0.05) is 18.2 Å². The number of carbonyl (C=O) groups excluding carboxylic acids is 1. The van der Waals surface area contributed by atoms with Crippen molar-refractivity contribution in [3.8, 4) is 17.2 Å². The molecule has 1 amide bonds. The van der Waals surface area contributed by atoms with E-state index in [1.54, 1.807) is 0 Å². The summed E-state index contributed by atoms with van der Waals surface area (Å²) in [6.07, 6.45) is 1.89. The number of amides is 1. The number of benzene rings is 2. The minimum Gasteiger partial charge on any atom is -0.494 e. The average molecular weight is 466 g/mol. The predicted molar refractivity (Wildman–Crippen MR) is 130 cm³/mol. The lowest BCUT2D eigenvalue weighted by Gasteiger charge is -2.38. The third kappa shape index (κ3) is 5.47. The number of hydrogen-bond donors (Lipinski definition) is 0. The molecule has 0 spiro atoms. The summed E-state index contributed by atoms with van der Waals surface area (Å²) in [7, 11) is 0. The van der Waals surface area contributed by atoms with Gasteiger partial charge in [0.25, 0.3) is 0 Å². The Balaban J connectivity index is 1.06. The molecule has 2 saturated heterocycles. The molecular formula is C27H35N3O4. The molecule has 2 aromatic rings. The summed E-state index contributed by atoms with van der Waals surface area (Å²) in [6.45, 7) is 10.2. The molecule has 0 bridgehead atoms. The number of carbonyl (C=O) groups is 1. The molecule has 0 aromatic heterocycles.